The number of aliphatic carboxylic acids is 1. The van der Waals surface area contributed by atoms with Gasteiger partial charge in [-0.15, -0.1) is 0 Å². The molecule has 1 aromatic carbocycles. The third-order valence-corrected chi connectivity index (χ3v) is 2.80. The quantitative estimate of drug-likeness (QED) is 0.874. The molecular weight excluding hydrogens is 262 g/mol. The fraction of sp³-hybridized carbons (Fsp3) is 0.300. The Bertz CT molecular complexity index is 368. The molecular formula is C10H12BrNO3. The summed E-state index contributed by atoms with van der Waals surface area (Å²) in [5.41, 5.74) is 6.07. The second-order valence-electron chi connectivity index (χ2n) is 3.01. The Hall–Kier alpha value is -1.07. The minimum absolute atomic E-state index is 0.0697. The van der Waals surface area contributed by atoms with Gasteiger partial charge < -0.3 is 15.6 Å². The van der Waals surface area contributed by atoms with Crippen molar-refractivity contribution in [1.29, 1.82) is 0 Å². The van der Waals surface area contributed by atoms with E-state index in [0.29, 0.717) is 15.8 Å². The van der Waals surface area contributed by atoms with Crippen LogP contribution in [0.25, 0.3) is 0 Å². The molecule has 0 saturated heterocycles. The molecule has 0 aliphatic rings. The van der Waals surface area contributed by atoms with Crippen molar-refractivity contribution in [2.24, 2.45) is 5.73 Å². The van der Waals surface area contributed by atoms with Crippen LogP contribution in [0.3, 0.4) is 0 Å². The summed E-state index contributed by atoms with van der Waals surface area (Å²) in [5, 5.41) is 8.95. The fourth-order valence-electron chi connectivity index (χ4n) is 1.28. The maximum absolute atomic E-state index is 10.9. The summed E-state index contributed by atoms with van der Waals surface area (Å²) in [6, 6.07) is 5.14. The van der Waals surface area contributed by atoms with Crippen molar-refractivity contribution in [2.75, 3.05) is 13.7 Å². The van der Waals surface area contributed by atoms with Gasteiger partial charge >= 0.3 is 5.97 Å². The third kappa shape index (κ3) is 2.70. The number of halogens is 1. The largest absolute Gasteiger partial charge is 0.497 e. The lowest BCUT2D eigenvalue weighted by Crippen LogP contribution is -2.21. The molecule has 0 aliphatic heterocycles. The van der Waals surface area contributed by atoms with Gasteiger partial charge in [0.1, 0.15) is 5.75 Å². The van der Waals surface area contributed by atoms with Gasteiger partial charge in [0, 0.05) is 11.0 Å². The van der Waals surface area contributed by atoms with Crippen molar-refractivity contribution in [3.63, 3.8) is 0 Å². The van der Waals surface area contributed by atoms with Crippen LogP contribution in [0.2, 0.25) is 0 Å². The van der Waals surface area contributed by atoms with E-state index in [2.05, 4.69) is 15.9 Å². The average Bonchev–Trinajstić information content (AvgIpc) is 2.20. The van der Waals surface area contributed by atoms with Gasteiger partial charge in [-0.1, -0.05) is 22.0 Å². The first kappa shape index (κ1) is 12.0. The van der Waals surface area contributed by atoms with E-state index >= 15 is 0 Å². The van der Waals surface area contributed by atoms with Crippen LogP contribution >= 0.6 is 15.9 Å². The Labute approximate surface area is 96.2 Å². The fourth-order valence-corrected chi connectivity index (χ4v) is 1.91. The zero-order valence-electron chi connectivity index (χ0n) is 8.24. The number of nitrogens with two attached hydrogens (primary N) is 1. The van der Waals surface area contributed by atoms with Crippen molar-refractivity contribution in [3.05, 3.63) is 28.2 Å². The molecule has 0 aliphatic carbocycles. The van der Waals surface area contributed by atoms with Crippen molar-refractivity contribution in [2.45, 2.75) is 5.92 Å². The van der Waals surface area contributed by atoms with Crippen molar-refractivity contribution < 1.29 is 14.6 Å². The smallest absolute Gasteiger partial charge is 0.312 e. The summed E-state index contributed by atoms with van der Waals surface area (Å²) in [6.07, 6.45) is 0. The molecule has 82 valence electrons. The van der Waals surface area contributed by atoms with Crippen LogP contribution in [0.4, 0.5) is 0 Å². The number of carboxylic acids is 1. The molecule has 0 spiro atoms. The maximum Gasteiger partial charge on any atom is 0.312 e. The lowest BCUT2D eigenvalue weighted by atomic mass is 9.99. The molecule has 3 N–H and O–H groups in total. The zero-order valence-corrected chi connectivity index (χ0v) is 9.82. The van der Waals surface area contributed by atoms with E-state index < -0.39 is 11.9 Å². The standard InChI is InChI=1S/C10H12BrNO3/c1-15-6-2-3-7(9(11)4-6)8(5-12)10(13)14/h2-4,8H,5,12H2,1H3,(H,13,14). The molecule has 1 aromatic rings. The zero-order chi connectivity index (χ0) is 11.4. The molecule has 0 amide bonds. The Morgan fingerprint density at radius 2 is 2.33 bits per heavy atom. The van der Waals surface area contributed by atoms with Crippen LogP contribution in [0, 0.1) is 0 Å². The number of rotatable bonds is 4. The second kappa shape index (κ2) is 5.14. The summed E-state index contributed by atoms with van der Waals surface area (Å²) in [5.74, 6) is -0.944. The molecule has 0 radical (unpaired) electrons. The van der Waals surface area contributed by atoms with Crippen molar-refractivity contribution >= 4 is 21.9 Å². The molecule has 0 saturated carbocycles. The first-order valence-corrected chi connectivity index (χ1v) is 5.15. The summed E-state index contributed by atoms with van der Waals surface area (Å²) in [6.45, 7) is 0.0697. The van der Waals surface area contributed by atoms with Gasteiger partial charge in [0.15, 0.2) is 0 Å². The van der Waals surface area contributed by atoms with Crippen LogP contribution in [0.5, 0.6) is 5.75 Å². The van der Waals surface area contributed by atoms with Gasteiger partial charge in [0.25, 0.3) is 0 Å². The average molecular weight is 274 g/mol. The molecule has 0 aromatic heterocycles. The van der Waals surface area contributed by atoms with Gasteiger partial charge in [0.05, 0.1) is 13.0 Å². The van der Waals surface area contributed by atoms with E-state index in [-0.39, 0.29) is 6.54 Å². The summed E-state index contributed by atoms with van der Waals surface area (Å²) < 4.78 is 5.71. The van der Waals surface area contributed by atoms with E-state index in [0.717, 1.165) is 0 Å². The number of methoxy groups -OCH3 is 1. The Kier molecular flexibility index (Phi) is 4.11. The number of hydrogen-bond donors (Lipinski definition) is 2. The highest BCUT2D eigenvalue weighted by molar-refractivity contribution is 9.10. The number of benzene rings is 1. The van der Waals surface area contributed by atoms with Crippen LogP contribution in [-0.4, -0.2) is 24.7 Å². The van der Waals surface area contributed by atoms with Crippen LogP contribution in [0.1, 0.15) is 11.5 Å². The topological polar surface area (TPSA) is 72.5 Å². The van der Waals surface area contributed by atoms with E-state index in [1.54, 1.807) is 25.3 Å². The molecule has 0 heterocycles. The molecule has 5 heteroatoms. The van der Waals surface area contributed by atoms with E-state index in [1.165, 1.54) is 0 Å². The first-order chi connectivity index (χ1) is 7.10. The third-order valence-electron chi connectivity index (χ3n) is 2.12. The number of hydrogen-bond acceptors (Lipinski definition) is 3. The maximum atomic E-state index is 10.9. The Balaban J connectivity index is 3.08. The molecule has 0 fully saturated rings. The molecule has 1 unspecified atom stereocenters. The normalized spacial score (nSPS) is 12.2. The van der Waals surface area contributed by atoms with Gasteiger partial charge in [-0.2, -0.15) is 0 Å². The molecule has 1 rings (SSSR count). The number of carbonyl (C=O) groups is 1. The second-order valence-corrected chi connectivity index (χ2v) is 3.87. The highest BCUT2D eigenvalue weighted by atomic mass is 79.9. The van der Waals surface area contributed by atoms with E-state index in [9.17, 15) is 4.79 Å². The summed E-state index contributed by atoms with van der Waals surface area (Å²) in [7, 11) is 1.55. The van der Waals surface area contributed by atoms with Gasteiger partial charge in [0.2, 0.25) is 0 Å². The van der Waals surface area contributed by atoms with E-state index in [1.807, 2.05) is 0 Å². The van der Waals surface area contributed by atoms with Crippen LogP contribution in [0.15, 0.2) is 22.7 Å². The van der Waals surface area contributed by atoms with E-state index in [4.69, 9.17) is 15.6 Å². The highest BCUT2D eigenvalue weighted by Crippen LogP contribution is 2.28. The van der Waals surface area contributed by atoms with Gasteiger partial charge in [-0.3, -0.25) is 4.79 Å². The SMILES string of the molecule is COc1ccc(C(CN)C(=O)O)c(Br)c1. The van der Waals surface area contributed by atoms with Crippen molar-refractivity contribution in [3.8, 4) is 5.75 Å². The van der Waals surface area contributed by atoms with Crippen LogP contribution < -0.4 is 10.5 Å². The monoisotopic (exact) mass is 273 g/mol. The molecule has 4 nitrogen and oxygen atoms in total. The number of carboxylic acid groups (broad SMARTS) is 1. The minimum atomic E-state index is -0.927. The predicted molar refractivity (Wildman–Crippen MR) is 60.1 cm³/mol. The summed E-state index contributed by atoms with van der Waals surface area (Å²) in [4.78, 5) is 10.9. The lowest BCUT2D eigenvalue weighted by molar-refractivity contribution is -0.138. The van der Waals surface area contributed by atoms with Crippen molar-refractivity contribution in [1.82, 2.24) is 0 Å². The molecule has 15 heavy (non-hydrogen) atoms. The lowest BCUT2D eigenvalue weighted by Gasteiger charge is -2.12. The van der Waals surface area contributed by atoms with Gasteiger partial charge in [-0.05, 0) is 17.7 Å². The Morgan fingerprint density at radius 1 is 1.67 bits per heavy atom. The molecule has 0 bridgehead atoms. The minimum Gasteiger partial charge on any atom is -0.497 e. The van der Waals surface area contributed by atoms with Gasteiger partial charge in [-0.25, -0.2) is 0 Å². The first-order valence-electron chi connectivity index (χ1n) is 4.36. The van der Waals surface area contributed by atoms with Crippen LogP contribution in [-0.2, 0) is 4.79 Å². The number of ether oxygens (including phenoxy) is 1. The predicted octanol–water partition coefficient (Wildman–Crippen LogP) is 1.58. The Morgan fingerprint density at radius 3 is 2.73 bits per heavy atom. The molecule has 1 atom stereocenters. The summed E-state index contributed by atoms with van der Waals surface area (Å²) >= 11 is 3.30. The highest BCUT2D eigenvalue weighted by Gasteiger charge is 2.20.